The van der Waals surface area contributed by atoms with E-state index < -0.39 is 0 Å². The van der Waals surface area contributed by atoms with Crippen molar-refractivity contribution in [2.24, 2.45) is 5.92 Å². The molecule has 1 atom stereocenters. The van der Waals surface area contributed by atoms with E-state index in [2.05, 4.69) is 45.4 Å². The lowest BCUT2D eigenvalue weighted by atomic mass is 9.84. The number of nitriles is 1. The lowest BCUT2D eigenvalue weighted by molar-refractivity contribution is -0.123. The Bertz CT molecular complexity index is 852. The summed E-state index contributed by atoms with van der Waals surface area (Å²) in [6.45, 7) is 8.08. The number of nitrogens with one attached hydrogen (secondary N) is 2. The molecule has 3 rings (SSSR count). The van der Waals surface area contributed by atoms with E-state index in [4.69, 9.17) is 0 Å². The summed E-state index contributed by atoms with van der Waals surface area (Å²) < 4.78 is 0. The second-order valence-corrected chi connectivity index (χ2v) is 7.19. The van der Waals surface area contributed by atoms with E-state index in [1.807, 2.05) is 6.07 Å². The molecule has 1 aliphatic rings. The van der Waals surface area contributed by atoms with E-state index >= 15 is 0 Å². The van der Waals surface area contributed by atoms with Gasteiger partial charge in [-0.1, -0.05) is 19.9 Å². The van der Waals surface area contributed by atoms with Crippen molar-refractivity contribution < 1.29 is 4.79 Å². The fourth-order valence-electron chi connectivity index (χ4n) is 3.96. The number of piperidine rings is 1. The van der Waals surface area contributed by atoms with E-state index in [0.29, 0.717) is 23.5 Å². The number of carbonyl (C=O) groups is 1. The molecule has 1 amide bonds. The van der Waals surface area contributed by atoms with E-state index in [1.54, 1.807) is 12.3 Å². The summed E-state index contributed by atoms with van der Waals surface area (Å²) in [5, 5.41) is 16.9. The van der Waals surface area contributed by atoms with Gasteiger partial charge in [0.05, 0.1) is 23.7 Å². The third kappa shape index (κ3) is 4.46. The highest BCUT2D eigenvalue weighted by Gasteiger charge is 2.28. The largest absolute Gasteiger partial charge is 0.348 e. The Kier molecular flexibility index (Phi) is 6.90. The van der Waals surface area contributed by atoms with Crippen LogP contribution in [0.5, 0.6) is 0 Å². The quantitative estimate of drug-likeness (QED) is 0.763. The Hall–Kier alpha value is -2.56. The molecular formula is C21H28N6O. The lowest BCUT2D eigenvalue weighted by Gasteiger charge is -2.33. The van der Waals surface area contributed by atoms with Crippen LogP contribution in [0.2, 0.25) is 0 Å². The Balaban J connectivity index is 1.97. The maximum atomic E-state index is 12.8. The van der Waals surface area contributed by atoms with Gasteiger partial charge in [0.25, 0.3) is 0 Å². The van der Waals surface area contributed by atoms with Gasteiger partial charge < -0.3 is 10.6 Å². The minimum atomic E-state index is -0.119. The number of fused-ring (bicyclic) bond motifs is 1. The van der Waals surface area contributed by atoms with Crippen LogP contribution in [0.4, 0.5) is 0 Å². The standard InChI is InChI=1S/C21H28N6O/c1-3-27(4-2)13-19(28)26-21(15-7-9-23-10-8-15)17-6-5-16(11-22)20-18(17)12-24-14-25-20/h5-6,12,14-15,21,23H,3-4,7-10,13H2,1-2H3,(H,26,28). The molecule has 28 heavy (non-hydrogen) atoms. The summed E-state index contributed by atoms with van der Waals surface area (Å²) in [4.78, 5) is 23.4. The Morgan fingerprint density at radius 1 is 1.36 bits per heavy atom. The zero-order valence-corrected chi connectivity index (χ0v) is 16.6. The Morgan fingerprint density at radius 3 is 2.79 bits per heavy atom. The Labute approximate surface area is 166 Å². The number of hydrogen-bond acceptors (Lipinski definition) is 6. The van der Waals surface area contributed by atoms with Crippen LogP contribution >= 0.6 is 0 Å². The van der Waals surface area contributed by atoms with Crippen LogP contribution in [0.1, 0.15) is 43.9 Å². The maximum Gasteiger partial charge on any atom is 0.234 e. The van der Waals surface area contributed by atoms with Crippen LogP contribution in [0, 0.1) is 17.2 Å². The number of benzene rings is 1. The smallest absolute Gasteiger partial charge is 0.234 e. The predicted octanol–water partition coefficient (Wildman–Crippen LogP) is 2.00. The van der Waals surface area contributed by atoms with Gasteiger partial charge in [0.15, 0.2) is 0 Å². The highest BCUT2D eigenvalue weighted by molar-refractivity contribution is 5.87. The van der Waals surface area contributed by atoms with E-state index in [9.17, 15) is 10.1 Å². The molecule has 2 N–H and O–H groups in total. The number of hydrogen-bond donors (Lipinski definition) is 2. The second-order valence-electron chi connectivity index (χ2n) is 7.19. The number of likely N-dealkylation sites (N-methyl/N-ethyl adjacent to an activating group) is 1. The van der Waals surface area contributed by atoms with Crippen LogP contribution < -0.4 is 10.6 Å². The average Bonchev–Trinajstić information content (AvgIpc) is 2.75. The molecule has 1 aromatic heterocycles. The molecule has 2 heterocycles. The third-order valence-corrected chi connectivity index (χ3v) is 5.60. The van der Waals surface area contributed by atoms with Gasteiger partial charge in [0, 0.05) is 11.6 Å². The molecule has 2 aromatic rings. The molecule has 0 radical (unpaired) electrons. The van der Waals surface area contributed by atoms with Gasteiger partial charge in [0.1, 0.15) is 12.4 Å². The van der Waals surface area contributed by atoms with Gasteiger partial charge >= 0.3 is 0 Å². The fraction of sp³-hybridized carbons (Fsp3) is 0.524. The molecule has 1 aliphatic heterocycles. The highest BCUT2D eigenvalue weighted by atomic mass is 16.2. The first-order valence-electron chi connectivity index (χ1n) is 10.0. The molecule has 0 saturated carbocycles. The zero-order chi connectivity index (χ0) is 19.9. The minimum Gasteiger partial charge on any atom is -0.348 e. The van der Waals surface area contributed by atoms with Gasteiger partial charge in [-0.05, 0) is 56.6 Å². The number of nitrogens with zero attached hydrogens (tertiary/aromatic N) is 4. The first kappa shape index (κ1) is 20.2. The first-order valence-corrected chi connectivity index (χ1v) is 10.0. The summed E-state index contributed by atoms with van der Waals surface area (Å²) in [7, 11) is 0. The molecule has 7 heteroatoms. The fourth-order valence-corrected chi connectivity index (χ4v) is 3.96. The van der Waals surface area contributed by atoms with Crippen LogP contribution in [0.3, 0.4) is 0 Å². The summed E-state index contributed by atoms with van der Waals surface area (Å²) in [6.07, 6.45) is 5.20. The van der Waals surface area contributed by atoms with Crippen LogP contribution in [-0.4, -0.2) is 53.5 Å². The SMILES string of the molecule is CCN(CC)CC(=O)NC(c1ccc(C#N)c2ncncc12)C1CCNCC1. The third-order valence-electron chi connectivity index (χ3n) is 5.60. The molecule has 1 saturated heterocycles. The molecule has 1 unspecified atom stereocenters. The molecule has 148 valence electrons. The van der Waals surface area contributed by atoms with Crippen molar-refractivity contribution in [3.63, 3.8) is 0 Å². The first-order chi connectivity index (χ1) is 13.7. The second kappa shape index (κ2) is 9.58. The average molecular weight is 380 g/mol. The van der Waals surface area contributed by atoms with Crippen molar-refractivity contribution in [2.75, 3.05) is 32.7 Å². The van der Waals surface area contributed by atoms with Gasteiger partial charge in [0.2, 0.25) is 5.91 Å². The van der Waals surface area contributed by atoms with Crippen LogP contribution in [0.15, 0.2) is 24.7 Å². The van der Waals surface area contributed by atoms with Crippen molar-refractivity contribution in [3.05, 3.63) is 35.8 Å². The number of aromatic nitrogens is 2. The van der Waals surface area contributed by atoms with Crippen molar-refractivity contribution >= 4 is 16.8 Å². The molecule has 1 aromatic carbocycles. The Morgan fingerprint density at radius 2 is 2.11 bits per heavy atom. The summed E-state index contributed by atoms with van der Waals surface area (Å²) in [6, 6.07) is 5.84. The predicted molar refractivity (Wildman–Crippen MR) is 109 cm³/mol. The summed E-state index contributed by atoms with van der Waals surface area (Å²) in [5.41, 5.74) is 2.17. The monoisotopic (exact) mass is 380 g/mol. The summed E-state index contributed by atoms with van der Waals surface area (Å²) in [5.74, 6) is 0.361. The van der Waals surface area contributed by atoms with Gasteiger partial charge in [-0.2, -0.15) is 5.26 Å². The highest BCUT2D eigenvalue weighted by Crippen LogP contribution is 2.33. The maximum absolute atomic E-state index is 12.8. The van der Waals surface area contributed by atoms with E-state index in [0.717, 1.165) is 50.0 Å². The topological polar surface area (TPSA) is 93.9 Å². The molecule has 0 spiro atoms. The van der Waals surface area contributed by atoms with Crippen molar-refractivity contribution in [1.29, 1.82) is 5.26 Å². The van der Waals surface area contributed by atoms with Gasteiger partial charge in [-0.25, -0.2) is 9.97 Å². The molecule has 7 nitrogen and oxygen atoms in total. The molecule has 1 fully saturated rings. The number of rotatable bonds is 7. The van der Waals surface area contributed by atoms with Crippen molar-refractivity contribution in [2.45, 2.75) is 32.7 Å². The van der Waals surface area contributed by atoms with Crippen molar-refractivity contribution in [3.8, 4) is 6.07 Å². The summed E-state index contributed by atoms with van der Waals surface area (Å²) >= 11 is 0. The van der Waals surface area contributed by atoms with Gasteiger partial charge in [-0.3, -0.25) is 9.69 Å². The minimum absolute atomic E-state index is 0.0293. The molecule has 0 bridgehead atoms. The van der Waals surface area contributed by atoms with Crippen LogP contribution in [0.25, 0.3) is 10.9 Å². The normalized spacial score (nSPS) is 16.1. The van der Waals surface area contributed by atoms with Crippen molar-refractivity contribution in [1.82, 2.24) is 25.5 Å². The zero-order valence-electron chi connectivity index (χ0n) is 16.6. The van der Waals surface area contributed by atoms with Gasteiger partial charge in [-0.15, -0.1) is 0 Å². The lowest BCUT2D eigenvalue weighted by Crippen LogP contribution is -2.43. The number of carbonyl (C=O) groups excluding carboxylic acids is 1. The van der Waals surface area contributed by atoms with E-state index in [-0.39, 0.29) is 11.9 Å². The van der Waals surface area contributed by atoms with Crippen LogP contribution in [-0.2, 0) is 4.79 Å². The van der Waals surface area contributed by atoms with E-state index in [1.165, 1.54) is 6.33 Å². The molecule has 0 aliphatic carbocycles. The molecular weight excluding hydrogens is 352 g/mol. The number of amides is 1.